The molecule has 0 saturated heterocycles. The normalized spacial score (nSPS) is 24.0. The molecule has 1 aromatic heterocycles. The minimum atomic E-state index is -0.737. The van der Waals surface area contributed by atoms with Crippen molar-refractivity contribution in [2.75, 3.05) is 7.11 Å². The molecule has 1 heterocycles. The Morgan fingerprint density at radius 2 is 2.21 bits per heavy atom. The summed E-state index contributed by atoms with van der Waals surface area (Å²) >= 11 is 0. The fourth-order valence-electron chi connectivity index (χ4n) is 3.18. The van der Waals surface area contributed by atoms with Crippen LogP contribution in [0.15, 0.2) is 35.4 Å². The van der Waals surface area contributed by atoms with Crippen molar-refractivity contribution in [3.05, 3.63) is 40.9 Å². The second-order valence-corrected chi connectivity index (χ2v) is 6.06. The van der Waals surface area contributed by atoms with E-state index in [1.54, 1.807) is 25.3 Å². The van der Waals surface area contributed by atoms with E-state index in [1.165, 1.54) is 10.9 Å². The molecule has 128 valence electrons. The summed E-state index contributed by atoms with van der Waals surface area (Å²) in [5, 5.41) is 13.5. The highest BCUT2D eigenvalue weighted by Gasteiger charge is 2.32. The Morgan fingerprint density at radius 1 is 1.42 bits per heavy atom. The van der Waals surface area contributed by atoms with Crippen LogP contribution in [-0.2, 0) is 16.1 Å². The molecular weight excluding hydrogens is 310 g/mol. The Labute approximate surface area is 139 Å². The molecule has 1 aromatic carbocycles. The molecule has 1 saturated carbocycles. The zero-order chi connectivity index (χ0) is 17.1. The van der Waals surface area contributed by atoms with E-state index >= 15 is 0 Å². The minimum absolute atomic E-state index is 0.127. The first-order chi connectivity index (χ1) is 11.6. The fraction of sp³-hybridized carbons (Fsp3) is 0.471. The van der Waals surface area contributed by atoms with Gasteiger partial charge in [-0.1, -0.05) is 12.1 Å². The molecule has 0 unspecified atom stereocenters. The first kappa shape index (κ1) is 16.6. The molecule has 0 aliphatic heterocycles. The van der Waals surface area contributed by atoms with Gasteiger partial charge in [-0.15, -0.1) is 0 Å². The van der Waals surface area contributed by atoms with Crippen LogP contribution in [0.3, 0.4) is 0 Å². The molecule has 0 bridgehead atoms. The molecule has 1 amide bonds. The number of hydrogen-bond donors (Lipinski definition) is 2. The number of rotatable bonds is 4. The van der Waals surface area contributed by atoms with Crippen LogP contribution in [0, 0.1) is 0 Å². The van der Waals surface area contributed by atoms with E-state index < -0.39 is 6.10 Å². The highest BCUT2D eigenvalue weighted by Crippen LogP contribution is 2.21. The summed E-state index contributed by atoms with van der Waals surface area (Å²) in [6.07, 6.45) is 2.71. The van der Waals surface area contributed by atoms with E-state index in [0.717, 1.165) is 12.8 Å². The van der Waals surface area contributed by atoms with Gasteiger partial charge in [0.05, 0.1) is 29.4 Å². The van der Waals surface area contributed by atoms with Crippen LogP contribution >= 0.6 is 0 Å². The lowest BCUT2D eigenvalue weighted by Gasteiger charge is -2.34. The third-order valence-electron chi connectivity index (χ3n) is 4.49. The number of ether oxygens (including phenoxy) is 1. The van der Waals surface area contributed by atoms with Gasteiger partial charge in [-0.05, 0) is 31.4 Å². The number of benzene rings is 1. The lowest BCUT2D eigenvalue weighted by molar-refractivity contribution is -0.125. The summed E-state index contributed by atoms with van der Waals surface area (Å²) in [5.74, 6) is -0.324. The van der Waals surface area contributed by atoms with Crippen molar-refractivity contribution in [3.63, 3.8) is 0 Å². The van der Waals surface area contributed by atoms with Crippen LogP contribution in [0.5, 0.6) is 0 Å². The number of hydrogen-bond acceptors (Lipinski definition) is 5. The van der Waals surface area contributed by atoms with Gasteiger partial charge < -0.3 is 15.2 Å². The van der Waals surface area contributed by atoms with Gasteiger partial charge in [-0.25, -0.2) is 4.98 Å². The lowest BCUT2D eigenvalue weighted by atomic mass is 9.90. The largest absolute Gasteiger partial charge is 0.388 e. The monoisotopic (exact) mass is 331 g/mol. The molecule has 3 rings (SSSR count). The van der Waals surface area contributed by atoms with E-state index in [-0.39, 0.29) is 30.2 Å². The average Bonchev–Trinajstić information content (AvgIpc) is 2.59. The van der Waals surface area contributed by atoms with Crippen molar-refractivity contribution >= 4 is 16.8 Å². The van der Waals surface area contributed by atoms with E-state index in [0.29, 0.717) is 17.3 Å². The summed E-state index contributed by atoms with van der Waals surface area (Å²) in [5.41, 5.74) is 0.347. The average molecular weight is 331 g/mol. The van der Waals surface area contributed by atoms with Crippen molar-refractivity contribution < 1.29 is 14.6 Å². The molecule has 7 heteroatoms. The van der Waals surface area contributed by atoms with E-state index in [4.69, 9.17) is 4.74 Å². The van der Waals surface area contributed by atoms with Gasteiger partial charge in [0.15, 0.2) is 0 Å². The summed E-state index contributed by atoms with van der Waals surface area (Å²) in [4.78, 5) is 28.8. The Morgan fingerprint density at radius 3 is 3.00 bits per heavy atom. The number of para-hydroxylation sites is 1. The van der Waals surface area contributed by atoms with E-state index in [2.05, 4.69) is 10.3 Å². The number of carbonyl (C=O) groups is 1. The highest BCUT2D eigenvalue weighted by atomic mass is 16.5. The lowest BCUT2D eigenvalue weighted by Crippen LogP contribution is -2.52. The number of aliphatic hydroxyl groups excluding tert-OH is 1. The number of methoxy groups -OCH3 is 1. The topological polar surface area (TPSA) is 93.5 Å². The van der Waals surface area contributed by atoms with Crippen molar-refractivity contribution in [2.24, 2.45) is 0 Å². The number of amides is 1. The Hall–Kier alpha value is -2.25. The third-order valence-corrected chi connectivity index (χ3v) is 4.49. The Kier molecular flexibility index (Phi) is 4.92. The molecule has 24 heavy (non-hydrogen) atoms. The van der Waals surface area contributed by atoms with Crippen LogP contribution in [0.1, 0.15) is 19.3 Å². The Balaban J connectivity index is 1.71. The van der Waals surface area contributed by atoms with Crippen molar-refractivity contribution in [3.8, 4) is 0 Å². The molecule has 3 atom stereocenters. The number of aliphatic hydroxyl groups is 1. The van der Waals surface area contributed by atoms with Crippen LogP contribution in [-0.4, -0.2) is 45.9 Å². The van der Waals surface area contributed by atoms with Crippen LogP contribution in [0.25, 0.3) is 10.9 Å². The smallest absolute Gasteiger partial charge is 0.261 e. The number of fused-ring (bicyclic) bond motifs is 1. The van der Waals surface area contributed by atoms with Gasteiger partial charge >= 0.3 is 0 Å². The summed E-state index contributed by atoms with van der Waals surface area (Å²) in [6, 6.07) is 6.65. The second-order valence-electron chi connectivity index (χ2n) is 6.06. The summed E-state index contributed by atoms with van der Waals surface area (Å²) in [6.45, 7) is -0.127. The Bertz CT molecular complexity index is 789. The van der Waals surface area contributed by atoms with E-state index in [9.17, 15) is 14.7 Å². The summed E-state index contributed by atoms with van der Waals surface area (Å²) in [7, 11) is 1.55. The van der Waals surface area contributed by atoms with Gasteiger partial charge in [-0.3, -0.25) is 14.2 Å². The molecule has 7 nitrogen and oxygen atoms in total. The van der Waals surface area contributed by atoms with Gasteiger partial charge in [0.2, 0.25) is 5.91 Å². The standard InChI is InChI=1S/C17H21N3O4/c1-24-14-8-4-7-13(16(14)22)19-15(21)9-20-10-18-12-6-3-2-5-11(12)17(20)23/h2-3,5-6,10,13-14,16,22H,4,7-9H2,1H3,(H,19,21)/t13-,14-,16-/m1/s1. The fourth-order valence-corrected chi connectivity index (χ4v) is 3.18. The molecule has 2 N–H and O–H groups in total. The van der Waals surface area contributed by atoms with Crippen LogP contribution < -0.4 is 10.9 Å². The number of nitrogens with one attached hydrogen (secondary N) is 1. The maximum atomic E-state index is 12.4. The maximum Gasteiger partial charge on any atom is 0.261 e. The highest BCUT2D eigenvalue weighted by molar-refractivity contribution is 5.79. The molecule has 2 aromatic rings. The van der Waals surface area contributed by atoms with Crippen molar-refractivity contribution in [1.82, 2.24) is 14.9 Å². The number of carbonyl (C=O) groups excluding carboxylic acids is 1. The predicted molar refractivity (Wildman–Crippen MR) is 88.6 cm³/mol. The quantitative estimate of drug-likeness (QED) is 0.848. The number of aromatic nitrogens is 2. The molecule has 1 fully saturated rings. The zero-order valence-corrected chi connectivity index (χ0v) is 13.5. The SMILES string of the molecule is CO[C@@H]1CCC[C@@H](NC(=O)Cn2cnc3ccccc3c2=O)[C@H]1O. The molecule has 0 radical (unpaired) electrons. The van der Waals surface area contributed by atoms with Gasteiger partial charge in [0.1, 0.15) is 12.6 Å². The van der Waals surface area contributed by atoms with Crippen LogP contribution in [0.4, 0.5) is 0 Å². The zero-order valence-electron chi connectivity index (χ0n) is 13.5. The first-order valence-electron chi connectivity index (χ1n) is 8.04. The minimum Gasteiger partial charge on any atom is -0.388 e. The molecule has 1 aliphatic carbocycles. The van der Waals surface area contributed by atoms with Gasteiger partial charge in [0, 0.05) is 7.11 Å². The molecular formula is C17H21N3O4. The molecule has 1 aliphatic rings. The maximum absolute atomic E-state index is 12.4. The van der Waals surface area contributed by atoms with Gasteiger partial charge in [-0.2, -0.15) is 0 Å². The second kappa shape index (κ2) is 7.11. The third kappa shape index (κ3) is 3.32. The van der Waals surface area contributed by atoms with Gasteiger partial charge in [0.25, 0.3) is 5.56 Å². The van der Waals surface area contributed by atoms with E-state index in [1.807, 2.05) is 6.07 Å². The number of nitrogens with zero attached hydrogens (tertiary/aromatic N) is 2. The van der Waals surface area contributed by atoms with Crippen LogP contribution in [0.2, 0.25) is 0 Å². The van der Waals surface area contributed by atoms with Crippen molar-refractivity contribution in [2.45, 2.75) is 44.1 Å². The first-order valence-corrected chi connectivity index (χ1v) is 8.04. The van der Waals surface area contributed by atoms with Crippen molar-refractivity contribution in [1.29, 1.82) is 0 Å². The molecule has 0 spiro atoms. The predicted octanol–water partition coefficient (Wildman–Crippen LogP) is 0.441. The summed E-state index contributed by atoms with van der Waals surface area (Å²) < 4.78 is 6.51.